The minimum atomic E-state index is -3.83. The first kappa shape index (κ1) is 19.0. The summed E-state index contributed by atoms with van der Waals surface area (Å²) in [6, 6.07) is 4.66. The molecule has 2 rings (SSSR count). The van der Waals surface area contributed by atoms with Crippen molar-refractivity contribution in [1.29, 1.82) is 0 Å². The van der Waals surface area contributed by atoms with E-state index in [-0.39, 0.29) is 29.9 Å². The molecule has 0 aliphatic rings. The molecule has 136 valence electrons. The van der Waals surface area contributed by atoms with Crippen LogP contribution in [0.15, 0.2) is 28.8 Å². The van der Waals surface area contributed by atoms with E-state index in [0.29, 0.717) is 0 Å². The molecule has 1 amide bonds. The molecule has 0 saturated heterocycles. The summed E-state index contributed by atoms with van der Waals surface area (Å²) in [5.41, 5.74) is 1.87. The van der Waals surface area contributed by atoms with Gasteiger partial charge in [-0.2, -0.15) is 0 Å². The van der Waals surface area contributed by atoms with E-state index in [1.54, 1.807) is 0 Å². The Hall–Kier alpha value is -2.33. The molecule has 1 atom stereocenters. The van der Waals surface area contributed by atoms with Gasteiger partial charge in [-0.1, -0.05) is 5.16 Å². The van der Waals surface area contributed by atoms with Gasteiger partial charge in [-0.15, -0.1) is 0 Å². The minimum Gasteiger partial charge on any atom is -0.361 e. The van der Waals surface area contributed by atoms with E-state index in [0.717, 1.165) is 18.4 Å². The van der Waals surface area contributed by atoms with Crippen molar-refractivity contribution in [3.8, 4) is 11.3 Å². The number of amides is 1. The Labute approximate surface area is 142 Å². The smallest absolute Gasteiger partial charge is 0.264 e. The van der Waals surface area contributed by atoms with Gasteiger partial charge in [-0.25, -0.2) is 22.7 Å². The lowest BCUT2D eigenvalue weighted by Gasteiger charge is -2.24. The first-order valence-electron chi connectivity index (χ1n) is 7.13. The summed E-state index contributed by atoms with van der Waals surface area (Å²) < 4.78 is 53.2. The summed E-state index contributed by atoms with van der Waals surface area (Å²) in [5.74, 6) is -2.84. The molecule has 2 aromatic rings. The summed E-state index contributed by atoms with van der Waals surface area (Å²) in [6.45, 7) is 1.18. The molecule has 0 saturated carbocycles. The molecule has 2 N–H and O–H groups in total. The van der Waals surface area contributed by atoms with Gasteiger partial charge in [0, 0.05) is 24.3 Å². The normalized spacial score (nSPS) is 14.1. The fourth-order valence-corrected chi connectivity index (χ4v) is 3.02. The van der Waals surface area contributed by atoms with Crippen LogP contribution in [0, 0.1) is 11.6 Å². The standard InChI is InChI=1S/C15H16F2N2O5S/c1-15(14(20)18-21,25(2,22)23)6-5-10-8-13(19-24-10)9-3-4-11(16)12(17)7-9/h3-4,7-8,21H,5-6H2,1-2H3,(H,18,20). The summed E-state index contributed by atoms with van der Waals surface area (Å²) in [4.78, 5) is 11.7. The summed E-state index contributed by atoms with van der Waals surface area (Å²) >= 11 is 0. The lowest BCUT2D eigenvalue weighted by molar-refractivity contribution is -0.131. The van der Waals surface area contributed by atoms with E-state index in [4.69, 9.17) is 9.73 Å². The van der Waals surface area contributed by atoms with Gasteiger partial charge in [0.05, 0.1) is 0 Å². The van der Waals surface area contributed by atoms with Crippen molar-refractivity contribution in [2.75, 3.05) is 6.26 Å². The Morgan fingerprint density at radius 2 is 2.00 bits per heavy atom. The molecule has 0 aliphatic heterocycles. The molecular formula is C15H16F2N2O5S. The molecule has 0 aliphatic carbocycles. The molecular weight excluding hydrogens is 358 g/mol. The van der Waals surface area contributed by atoms with Gasteiger partial charge in [-0.05, 0) is 31.5 Å². The molecule has 0 spiro atoms. The van der Waals surface area contributed by atoms with Crippen molar-refractivity contribution in [2.45, 2.75) is 24.5 Å². The fraction of sp³-hybridized carbons (Fsp3) is 0.333. The van der Waals surface area contributed by atoms with Crippen LogP contribution < -0.4 is 5.48 Å². The van der Waals surface area contributed by atoms with Crippen LogP contribution in [0.4, 0.5) is 8.78 Å². The maximum Gasteiger partial charge on any atom is 0.264 e. The molecule has 1 aromatic heterocycles. The topological polar surface area (TPSA) is 110 Å². The number of carbonyl (C=O) groups excluding carboxylic acids is 1. The third-order valence-corrected chi connectivity index (χ3v) is 6.05. The highest BCUT2D eigenvalue weighted by molar-refractivity contribution is 7.92. The van der Waals surface area contributed by atoms with Crippen molar-refractivity contribution in [3.05, 3.63) is 41.7 Å². The highest BCUT2D eigenvalue weighted by atomic mass is 32.2. The molecule has 0 fully saturated rings. The van der Waals surface area contributed by atoms with Crippen molar-refractivity contribution in [1.82, 2.24) is 10.6 Å². The molecule has 0 radical (unpaired) electrons. The number of hydroxylamine groups is 1. The zero-order valence-electron chi connectivity index (χ0n) is 13.4. The number of nitrogens with one attached hydrogen (secondary N) is 1. The van der Waals surface area contributed by atoms with Gasteiger partial charge in [-0.3, -0.25) is 10.0 Å². The van der Waals surface area contributed by atoms with Gasteiger partial charge in [0.15, 0.2) is 21.5 Å². The number of benzene rings is 1. The number of nitrogens with zero attached hydrogens (tertiary/aromatic N) is 1. The van der Waals surface area contributed by atoms with Gasteiger partial charge in [0.1, 0.15) is 16.2 Å². The highest BCUT2D eigenvalue weighted by Crippen LogP contribution is 2.26. The van der Waals surface area contributed by atoms with Crippen LogP contribution in [0.3, 0.4) is 0 Å². The second-order valence-electron chi connectivity index (χ2n) is 5.75. The lowest BCUT2D eigenvalue weighted by Crippen LogP contribution is -2.49. The predicted molar refractivity (Wildman–Crippen MR) is 83.4 cm³/mol. The van der Waals surface area contributed by atoms with Crippen molar-refractivity contribution >= 4 is 15.7 Å². The van der Waals surface area contributed by atoms with Crippen LogP contribution in [-0.2, 0) is 21.1 Å². The van der Waals surface area contributed by atoms with Crippen LogP contribution in [-0.4, -0.2) is 35.7 Å². The first-order valence-corrected chi connectivity index (χ1v) is 9.03. The molecule has 1 heterocycles. The minimum absolute atomic E-state index is 0.0215. The van der Waals surface area contributed by atoms with E-state index in [9.17, 15) is 22.0 Å². The number of sulfone groups is 1. The third kappa shape index (κ3) is 3.85. The maximum atomic E-state index is 13.3. The van der Waals surface area contributed by atoms with E-state index >= 15 is 0 Å². The lowest BCUT2D eigenvalue weighted by atomic mass is 10.0. The molecule has 10 heteroatoms. The number of halogens is 2. The second-order valence-corrected chi connectivity index (χ2v) is 8.20. The monoisotopic (exact) mass is 374 g/mol. The molecule has 0 bridgehead atoms. The van der Waals surface area contributed by atoms with E-state index in [1.807, 2.05) is 0 Å². The van der Waals surface area contributed by atoms with E-state index in [1.165, 1.54) is 24.5 Å². The number of aromatic nitrogens is 1. The number of carbonyl (C=O) groups is 1. The largest absolute Gasteiger partial charge is 0.361 e. The molecule has 25 heavy (non-hydrogen) atoms. The van der Waals surface area contributed by atoms with Gasteiger partial charge in [0.2, 0.25) is 0 Å². The third-order valence-electron chi connectivity index (χ3n) is 4.02. The summed E-state index contributed by atoms with van der Waals surface area (Å²) in [6.07, 6.45) is 0.730. The van der Waals surface area contributed by atoms with Crippen LogP contribution in [0.2, 0.25) is 0 Å². The van der Waals surface area contributed by atoms with E-state index in [2.05, 4.69) is 5.16 Å². The first-order chi connectivity index (χ1) is 11.6. The molecule has 7 nitrogen and oxygen atoms in total. The Morgan fingerprint density at radius 1 is 1.32 bits per heavy atom. The summed E-state index contributed by atoms with van der Waals surface area (Å²) in [7, 11) is -3.83. The van der Waals surface area contributed by atoms with Crippen LogP contribution in [0.25, 0.3) is 11.3 Å². The fourth-order valence-electron chi connectivity index (χ4n) is 2.17. The van der Waals surface area contributed by atoms with Crippen molar-refractivity contribution in [2.24, 2.45) is 0 Å². The maximum absolute atomic E-state index is 13.3. The molecule has 1 aromatic carbocycles. The Morgan fingerprint density at radius 3 is 2.56 bits per heavy atom. The van der Waals surface area contributed by atoms with Gasteiger partial charge in [0.25, 0.3) is 5.91 Å². The zero-order valence-corrected chi connectivity index (χ0v) is 14.2. The van der Waals surface area contributed by atoms with Gasteiger partial charge >= 0.3 is 0 Å². The number of rotatable bonds is 6. The Kier molecular flexibility index (Phi) is 5.23. The SMILES string of the molecule is CC(CCc1cc(-c2ccc(F)c(F)c2)no1)(C(=O)NO)S(C)(=O)=O. The Balaban J connectivity index is 2.20. The zero-order chi connectivity index (χ0) is 18.8. The van der Waals surface area contributed by atoms with E-state index < -0.39 is 32.1 Å². The van der Waals surface area contributed by atoms with Gasteiger partial charge < -0.3 is 4.52 Å². The quantitative estimate of drug-likeness (QED) is 0.590. The highest BCUT2D eigenvalue weighted by Gasteiger charge is 2.43. The number of aryl methyl sites for hydroxylation is 1. The predicted octanol–water partition coefficient (Wildman–Crippen LogP) is 1.86. The average Bonchev–Trinajstić information content (AvgIpc) is 3.02. The molecule has 1 unspecified atom stereocenters. The van der Waals surface area contributed by atoms with Crippen molar-refractivity contribution < 1.29 is 31.7 Å². The van der Waals surface area contributed by atoms with Crippen LogP contribution >= 0.6 is 0 Å². The number of hydrogen-bond donors (Lipinski definition) is 2. The van der Waals surface area contributed by atoms with Crippen LogP contribution in [0.5, 0.6) is 0 Å². The number of hydrogen-bond acceptors (Lipinski definition) is 6. The van der Waals surface area contributed by atoms with Crippen molar-refractivity contribution in [3.63, 3.8) is 0 Å². The van der Waals surface area contributed by atoms with Crippen LogP contribution in [0.1, 0.15) is 19.1 Å². The Bertz CT molecular complexity index is 897. The average molecular weight is 374 g/mol. The summed E-state index contributed by atoms with van der Waals surface area (Å²) in [5, 5.41) is 12.5. The second kappa shape index (κ2) is 6.89.